The molecule has 0 saturated heterocycles. The number of methoxy groups -OCH3 is 1. The van der Waals surface area contributed by atoms with Crippen LogP contribution in [-0.2, 0) is 15.3 Å². The quantitative estimate of drug-likeness (QED) is 0.427. The summed E-state index contributed by atoms with van der Waals surface area (Å²) in [7, 11) is 1.50. The number of esters is 1. The molecule has 0 saturated carbocycles. The Morgan fingerprint density at radius 3 is 2.38 bits per heavy atom. The zero-order valence-electron chi connectivity index (χ0n) is 16.2. The van der Waals surface area contributed by atoms with Crippen molar-refractivity contribution in [2.24, 2.45) is 0 Å². The van der Waals surface area contributed by atoms with Gasteiger partial charge in [0.15, 0.2) is 6.61 Å². The normalized spacial score (nSPS) is 10.5. The van der Waals surface area contributed by atoms with E-state index in [2.05, 4.69) is 17.4 Å². The highest BCUT2D eigenvalue weighted by Gasteiger charge is 2.16. The first-order chi connectivity index (χ1) is 14.2. The van der Waals surface area contributed by atoms with Crippen LogP contribution in [0, 0.1) is 0 Å². The standard InChI is InChI=1S/C23H23NO4S/c1-27-21-14-19-10-6-5-9-18(19)13-20(21)23(26)28-15-22(25)24-11-12-29-16-17-7-3-2-4-8-17/h2-10,13-14H,11-12,15-16H2,1H3,(H,24,25). The molecule has 0 unspecified atom stereocenters. The van der Waals surface area contributed by atoms with Crippen molar-refractivity contribution in [3.63, 3.8) is 0 Å². The van der Waals surface area contributed by atoms with Crippen molar-refractivity contribution >= 4 is 34.4 Å². The van der Waals surface area contributed by atoms with Crippen molar-refractivity contribution in [3.05, 3.63) is 77.9 Å². The first kappa shape index (κ1) is 20.7. The molecule has 0 aliphatic heterocycles. The second-order valence-electron chi connectivity index (χ2n) is 6.36. The number of rotatable bonds is 9. The van der Waals surface area contributed by atoms with Crippen LogP contribution in [0.15, 0.2) is 66.7 Å². The molecule has 6 heteroatoms. The van der Waals surface area contributed by atoms with Crippen molar-refractivity contribution in [2.75, 3.05) is 26.0 Å². The highest BCUT2D eigenvalue weighted by atomic mass is 32.2. The van der Waals surface area contributed by atoms with E-state index in [1.165, 1.54) is 12.7 Å². The van der Waals surface area contributed by atoms with Crippen LogP contribution in [0.25, 0.3) is 10.8 Å². The maximum atomic E-state index is 12.4. The fourth-order valence-electron chi connectivity index (χ4n) is 2.83. The minimum atomic E-state index is -0.582. The van der Waals surface area contributed by atoms with Gasteiger partial charge in [0.2, 0.25) is 0 Å². The highest BCUT2D eigenvalue weighted by Crippen LogP contribution is 2.26. The number of nitrogens with one attached hydrogen (secondary N) is 1. The lowest BCUT2D eigenvalue weighted by molar-refractivity contribution is -0.124. The van der Waals surface area contributed by atoms with Crippen molar-refractivity contribution in [1.29, 1.82) is 0 Å². The molecule has 150 valence electrons. The minimum Gasteiger partial charge on any atom is -0.496 e. The molecule has 3 aromatic rings. The van der Waals surface area contributed by atoms with Gasteiger partial charge in [-0.05, 0) is 28.5 Å². The maximum absolute atomic E-state index is 12.4. The molecule has 5 nitrogen and oxygen atoms in total. The molecule has 0 bridgehead atoms. The number of carbonyl (C=O) groups is 2. The summed E-state index contributed by atoms with van der Waals surface area (Å²) in [6, 6.07) is 21.3. The minimum absolute atomic E-state index is 0.303. The lowest BCUT2D eigenvalue weighted by Crippen LogP contribution is -2.30. The summed E-state index contributed by atoms with van der Waals surface area (Å²) in [6.45, 7) is 0.200. The van der Waals surface area contributed by atoms with Crippen LogP contribution in [0.1, 0.15) is 15.9 Å². The molecule has 0 spiro atoms. The molecule has 0 atom stereocenters. The molecule has 0 radical (unpaired) electrons. The third-order valence-electron chi connectivity index (χ3n) is 4.30. The van der Waals surface area contributed by atoms with Crippen molar-refractivity contribution in [2.45, 2.75) is 5.75 Å². The highest BCUT2D eigenvalue weighted by molar-refractivity contribution is 7.98. The lowest BCUT2D eigenvalue weighted by atomic mass is 10.1. The van der Waals surface area contributed by atoms with Crippen LogP contribution in [0.2, 0.25) is 0 Å². The van der Waals surface area contributed by atoms with Crippen LogP contribution < -0.4 is 10.1 Å². The third kappa shape index (κ3) is 5.99. The van der Waals surface area contributed by atoms with Crippen LogP contribution in [0.3, 0.4) is 0 Å². The van der Waals surface area contributed by atoms with E-state index in [0.717, 1.165) is 22.3 Å². The van der Waals surface area contributed by atoms with Gasteiger partial charge >= 0.3 is 5.97 Å². The number of benzene rings is 3. The van der Waals surface area contributed by atoms with Gasteiger partial charge in [0.05, 0.1) is 7.11 Å². The van der Waals surface area contributed by atoms with Crippen LogP contribution in [-0.4, -0.2) is 37.9 Å². The summed E-state index contributed by atoms with van der Waals surface area (Å²) in [4.78, 5) is 24.4. The molecular weight excluding hydrogens is 386 g/mol. The van der Waals surface area contributed by atoms with Crippen LogP contribution >= 0.6 is 11.8 Å². The van der Waals surface area contributed by atoms with Gasteiger partial charge in [-0.15, -0.1) is 0 Å². The number of hydrogen-bond donors (Lipinski definition) is 1. The predicted octanol–water partition coefficient (Wildman–Crippen LogP) is 4.05. The molecule has 0 aromatic heterocycles. The number of carbonyl (C=O) groups excluding carboxylic acids is 2. The summed E-state index contributed by atoms with van der Waals surface area (Å²) in [5.41, 5.74) is 1.56. The molecular formula is C23H23NO4S. The fourth-order valence-corrected chi connectivity index (χ4v) is 3.65. The van der Waals surface area contributed by atoms with Crippen LogP contribution in [0.4, 0.5) is 0 Å². The van der Waals surface area contributed by atoms with Gasteiger partial charge in [0.25, 0.3) is 5.91 Å². The van der Waals surface area contributed by atoms with Crippen molar-refractivity contribution in [3.8, 4) is 5.75 Å². The Morgan fingerprint density at radius 2 is 1.66 bits per heavy atom. The summed E-state index contributed by atoms with van der Waals surface area (Å²) in [6.07, 6.45) is 0. The average molecular weight is 410 g/mol. The average Bonchev–Trinajstić information content (AvgIpc) is 2.77. The van der Waals surface area contributed by atoms with Gasteiger partial charge in [-0.2, -0.15) is 11.8 Å². The molecule has 0 aliphatic rings. The number of fused-ring (bicyclic) bond motifs is 1. The zero-order chi connectivity index (χ0) is 20.5. The van der Waals surface area contributed by atoms with Gasteiger partial charge in [-0.1, -0.05) is 54.6 Å². The summed E-state index contributed by atoms with van der Waals surface area (Å²) in [5.74, 6) is 1.20. The van der Waals surface area contributed by atoms with E-state index in [0.29, 0.717) is 17.9 Å². The molecule has 0 fully saturated rings. The number of hydrogen-bond acceptors (Lipinski definition) is 5. The molecule has 1 N–H and O–H groups in total. The van der Waals surface area contributed by atoms with E-state index in [-0.39, 0.29) is 12.5 Å². The Balaban J connectivity index is 1.44. The zero-order valence-corrected chi connectivity index (χ0v) is 17.0. The van der Waals surface area contributed by atoms with Gasteiger partial charge in [-0.3, -0.25) is 4.79 Å². The smallest absolute Gasteiger partial charge is 0.342 e. The topological polar surface area (TPSA) is 64.6 Å². The van der Waals surface area contributed by atoms with Crippen LogP contribution in [0.5, 0.6) is 5.75 Å². The maximum Gasteiger partial charge on any atom is 0.342 e. The Kier molecular flexibility index (Phi) is 7.53. The first-order valence-corrected chi connectivity index (χ1v) is 10.4. The summed E-state index contributed by atoms with van der Waals surface area (Å²) >= 11 is 1.74. The first-order valence-electron chi connectivity index (χ1n) is 9.29. The van der Waals surface area contributed by atoms with E-state index in [4.69, 9.17) is 9.47 Å². The van der Waals surface area contributed by atoms with Crippen molar-refractivity contribution < 1.29 is 19.1 Å². The van der Waals surface area contributed by atoms with Gasteiger partial charge in [0.1, 0.15) is 11.3 Å². The van der Waals surface area contributed by atoms with E-state index < -0.39 is 5.97 Å². The summed E-state index contributed by atoms with van der Waals surface area (Å²) in [5, 5.41) is 4.63. The van der Waals surface area contributed by atoms with E-state index in [9.17, 15) is 9.59 Å². The molecule has 0 aliphatic carbocycles. The molecule has 29 heavy (non-hydrogen) atoms. The molecule has 0 heterocycles. The Morgan fingerprint density at radius 1 is 0.966 bits per heavy atom. The predicted molar refractivity (Wildman–Crippen MR) is 116 cm³/mol. The van der Waals surface area contributed by atoms with E-state index in [1.54, 1.807) is 23.9 Å². The fraction of sp³-hybridized carbons (Fsp3) is 0.217. The second kappa shape index (κ2) is 10.5. The Bertz CT molecular complexity index is 975. The van der Waals surface area contributed by atoms with Gasteiger partial charge in [0, 0.05) is 18.1 Å². The SMILES string of the molecule is COc1cc2ccccc2cc1C(=O)OCC(=O)NCCSCc1ccccc1. The molecule has 1 amide bonds. The third-order valence-corrected chi connectivity index (χ3v) is 5.33. The molecule has 3 aromatic carbocycles. The monoisotopic (exact) mass is 409 g/mol. The number of ether oxygens (including phenoxy) is 2. The number of amides is 1. The van der Waals surface area contributed by atoms with Gasteiger partial charge in [-0.25, -0.2) is 4.79 Å². The molecule has 3 rings (SSSR count). The van der Waals surface area contributed by atoms with E-state index >= 15 is 0 Å². The lowest BCUT2D eigenvalue weighted by Gasteiger charge is -2.11. The number of thioether (sulfide) groups is 1. The summed E-state index contributed by atoms with van der Waals surface area (Å²) < 4.78 is 10.5. The largest absolute Gasteiger partial charge is 0.496 e. The van der Waals surface area contributed by atoms with Crippen molar-refractivity contribution in [1.82, 2.24) is 5.32 Å². The van der Waals surface area contributed by atoms with Gasteiger partial charge < -0.3 is 14.8 Å². The second-order valence-corrected chi connectivity index (χ2v) is 7.47. The Hall–Kier alpha value is -2.99. The Labute approximate surface area is 174 Å². The van der Waals surface area contributed by atoms with E-state index in [1.807, 2.05) is 42.5 Å².